The van der Waals surface area contributed by atoms with Crippen LogP contribution in [-0.2, 0) is 13.1 Å². The third-order valence-corrected chi connectivity index (χ3v) is 4.88. The van der Waals surface area contributed by atoms with Crippen molar-refractivity contribution < 1.29 is 0 Å². The molecule has 0 unspecified atom stereocenters. The first kappa shape index (κ1) is 16.7. The lowest BCUT2D eigenvalue weighted by Crippen LogP contribution is -2.13. The Morgan fingerprint density at radius 3 is 2.33 bits per heavy atom. The molecule has 0 amide bonds. The number of benzene rings is 2. The monoisotopic (exact) mass is 337 g/mol. The van der Waals surface area contributed by atoms with Crippen molar-refractivity contribution in [3.8, 4) is 10.6 Å². The van der Waals surface area contributed by atoms with Gasteiger partial charge in [0.25, 0.3) is 0 Å². The van der Waals surface area contributed by atoms with Gasteiger partial charge >= 0.3 is 0 Å². The predicted molar refractivity (Wildman–Crippen MR) is 104 cm³/mol. The van der Waals surface area contributed by atoms with Crippen molar-refractivity contribution in [2.45, 2.75) is 20.0 Å². The Bertz CT molecular complexity index is 773. The minimum absolute atomic E-state index is 0.789. The summed E-state index contributed by atoms with van der Waals surface area (Å²) in [6.45, 7) is 3.74. The number of thiazole rings is 1. The average Bonchev–Trinajstić information content (AvgIpc) is 3.05. The van der Waals surface area contributed by atoms with E-state index in [-0.39, 0.29) is 0 Å². The van der Waals surface area contributed by atoms with Crippen molar-refractivity contribution >= 4 is 17.0 Å². The molecule has 3 aromatic rings. The Hall–Kier alpha value is -2.17. The standard InChI is InChI=1S/C20H23N3S/c1-15-4-8-17(9-5-15)20-22-18(14-24-20)13-21-12-16-6-10-19(11-7-16)23(2)3/h4-11,14,21H,12-13H2,1-3H3. The summed E-state index contributed by atoms with van der Waals surface area (Å²) in [6, 6.07) is 17.2. The summed E-state index contributed by atoms with van der Waals surface area (Å²) in [5.74, 6) is 0. The fourth-order valence-corrected chi connectivity index (χ4v) is 3.29. The molecule has 1 aromatic heterocycles. The average molecular weight is 337 g/mol. The fourth-order valence-electron chi connectivity index (χ4n) is 2.46. The molecule has 0 aliphatic carbocycles. The molecule has 0 spiro atoms. The lowest BCUT2D eigenvalue weighted by atomic mass is 10.2. The summed E-state index contributed by atoms with van der Waals surface area (Å²) in [5, 5.41) is 6.69. The molecule has 1 heterocycles. The lowest BCUT2D eigenvalue weighted by Gasteiger charge is -2.12. The van der Waals surface area contributed by atoms with Crippen LogP contribution in [0, 0.1) is 6.92 Å². The first-order chi connectivity index (χ1) is 11.6. The van der Waals surface area contributed by atoms with Gasteiger partial charge in [0.15, 0.2) is 0 Å². The second kappa shape index (κ2) is 7.60. The maximum atomic E-state index is 4.73. The molecule has 0 bridgehead atoms. The van der Waals surface area contributed by atoms with Crippen LogP contribution in [0.25, 0.3) is 10.6 Å². The van der Waals surface area contributed by atoms with Crippen LogP contribution in [0.3, 0.4) is 0 Å². The summed E-state index contributed by atoms with van der Waals surface area (Å²) < 4.78 is 0. The highest BCUT2D eigenvalue weighted by atomic mass is 32.1. The summed E-state index contributed by atoms with van der Waals surface area (Å²) in [7, 11) is 4.11. The van der Waals surface area contributed by atoms with Crippen molar-refractivity contribution in [2.24, 2.45) is 0 Å². The Morgan fingerprint density at radius 1 is 0.958 bits per heavy atom. The highest BCUT2D eigenvalue weighted by Crippen LogP contribution is 2.24. The van der Waals surface area contributed by atoms with Gasteiger partial charge in [-0.3, -0.25) is 0 Å². The number of nitrogens with zero attached hydrogens (tertiary/aromatic N) is 2. The van der Waals surface area contributed by atoms with Gasteiger partial charge in [-0.25, -0.2) is 4.98 Å². The molecule has 1 N–H and O–H groups in total. The molecule has 0 saturated carbocycles. The van der Waals surface area contributed by atoms with Gasteiger partial charge in [-0.15, -0.1) is 11.3 Å². The van der Waals surface area contributed by atoms with Gasteiger partial charge in [0.2, 0.25) is 0 Å². The van der Waals surface area contributed by atoms with Crippen LogP contribution in [0.2, 0.25) is 0 Å². The molecule has 0 aliphatic heterocycles. The summed E-state index contributed by atoms with van der Waals surface area (Å²) >= 11 is 1.70. The Kier molecular flexibility index (Phi) is 5.28. The summed E-state index contributed by atoms with van der Waals surface area (Å²) in [4.78, 5) is 6.84. The number of rotatable bonds is 6. The normalized spacial score (nSPS) is 10.8. The zero-order valence-corrected chi connectivity index (χ0v) is 15.2. The predicted octanol–water partition coefficient (Wildman–Crippen LogP) is 4.47. The third-order valence-electron chi connectivity index (χ3n) is 3.94. The van der Waals surface area contributed by atoms with E-state index >= 15 is 0 Å². The highest BCUT2D eigenvalue weighted by Gasteiger charge is 2.04. The SMILES string of the molecule is Cc1ccc(-c2nc(CNCc3ccc(N(C)C)cc3)cs2)cc1. The van der Waals surface area contributed by atoms with Crippen LogP contribution in [0.1, 0.15) is 16.8 Å². The summed E-state index contributed by atoms with van der Waals surface area (Å²) in [5.41, 5.74) is 6.07. The third kappa shape index (κ3) is 4.22. The molecule has 2 aromatic carbocycles. The van der Waals surface area contributed by atoms with Crippen molar-refractivity contribution in [3.63, 3.8) is 0 Å². The van der Waals surface area contributed by atoms with Crippen LogP contribution in [0.4, 0.5) is 5.69 Å². The van der Waals surface area contributed by atoms with Crippen LogP contribution in [0.5, 0.6) is 0 Å². The molecule has 0 aliphatic rings. The van der Waals surface area contributed by atoms with Gasteiger partial charge in [-0.05, 0) is 24.6 Å². The second-order valence-electron chi connectivity index (χ2n) is 6.17. The van der Waals surface area contributed by atoms with Gasteiger partial charge in [0.05, 0.1) is 5.69 Å². The van der Waals surface area contributed by atoms with Crippen molar-refractivity contribution in [2.75, 3.05) is 19.0 Å². The second-order valence-corrected chi connectivity index (χ2v) is 7.03. The highest BCUT2D eigenvalue weighted by molar-refractivity contribution is 7.13. The molecule has 3 nitrogen and oxygen atoms in total. The van der Waals surface area contributed by atoms with E-state index < -0.39 is 0 Å². The Labute approximate surface area is 148 Å². The molecular formula is C20H23N3S. The molecule has 124 valence electrons. The van der Waals surface area contributed by atoms with Crippen molar-refractivity contribution in [3.05, 3.63) is 70.7 Å². The Morgan fingerprint density at radius 2 is 1.67 bits per heavy atom. The van der Waals surface area contributed by atoms with Crippen molar-refractivity contribution in [1.82, 2.24) is 10.3 Å². The number of anilines is 1. The zero-order valence-electron chi connectivity index (χ0n) is 14.4. The molecule has 0 radical (unpaired) electrons. The maximum Gasteiger partial charge on any atom is 0.123 e. The quantitative estimate of drug-likeness (QED) is 0.719. The summed E-state index contributed by atoms with van der Waals surface area (Å²) in [6.07, 6.45) is 0. The van der Waals surface area contributed by atoms with E-state index in [1.165, 1.54) is 22.4 Å². The number of nitrogens with one attached hydrogen (secondary N) is 1. The first-order valence-electron chi connectivity index (χ1n) is 8.10. The van der Waals surface area contributed by atoms with E-state index in [2.05, 4.69) is 85.1 Å². The van der Waals surface area contributed by atoms with E-state index in [9.17, 15) is 0 Å². The smallest absolute Gasteiger partial charge is 0.123 e. The maximum absolute atomic E-state index is 4.73. The fraction of sp³-hybridized carbons (Fsp3) is 0.250. The van der Waals surface area contributed by atoms with Gasteiger partial charge in [-0.1, -0.05) is 42.0 Å². The van der Waals surface area contributed by atoms with Gasteiger partial charge in [0, 0.05) is 43.8 Å². The van der Waals surface area contributed by atoms with E-state index in [0.717, 1.165) is 23.8 Å². The molecule has 0 atom stereocenters. The van der Waals surface area contributed by atoms with Crippen LogP contribution in [0.15, 0.2) is 53.9 Å². The Balaban J connectivity index is 1.54. The minimum atomic E-state index is 0.789. The van der Waals surface area contributed by atoms with Crippen LogP contribution in [-0.4, -0.2) is 19.1 Å². The molecule has 4 heteroatoms. The van der Waals surface area contributed by atoms with Crippen molar-refractivity contribution in [1.29, 1.82) is 0 Å². The van der Waals surface area contributed by atoms with Gasteiger partial charge in [0.1, 0.15) is 5.01 Å². The largest absolute Gasteiger partial charge is 0.378 e. The molecule has 24 heavy (non-hydrogen) atoms. The number of hydrogen-bond acceptors (Lipinski definition) is 4. The van der Waals surface area contributed by atoms with Gasteiger partial charge < -0.3 is 10.2 Å². The molecule has 0 fully saturated rings. The first-order valence-corrected chi connectivity index (χ1v) is 8.98. The van der Waals surface area contributed by atoms with E-state index in [1.807, 2.05) is 0 Å². The number of aromatic nitrogens is 1. The molecule has 0 saturated heterocycles. The van der Waals surface area contributed by atoms with E-state index in [0.29, 0.717) is 0 Å². The van der Waals surface area contributed by atoms with Crippen LogP contribution < -0.4 is 10.2 Å². The number of hydrogen-bond donors (Lipinski definition) is 1. The van der Waals surface area contributed by atoms with Crippen LogP contribution >= 0.6 is 11.3 Å². The number of aryl methyl sites for hydroxylation is 1. The van der Waals surface area contributed by atoms with Gasteiger partial charge in [-0.2, -0.15) is 0 Å². The minimum Gasteiger partial charge on any atom is -0.378 e. The van der Waals surface area contributed by atoms with E-state index in [1.54, 1.807) is 11.3 Å². The zero-order chi connectivity index (χ0) is 16.9. The lowest BCUT2D eigenvalue weighted by molar-refractivity contribution is 0.683. The topological polar surface area (TPSA) is 28.2 Å². The molecule has 3 rings (SSSR count). The molecular weight excluding hydrogens is 314 g/mol. The van der Waals surface area contributed by atoms with E-state index in [4.69, 9.17) is 4.98 Å².